The van der Waals surface area contributed by atoms with E-state index >= 15 is 0 Å². The minimum Gasteiger partial charge on any atom is -0.353 e. The highest BCUT2D eigenvalue weighted by Crippen LogP contribution is 2.17. The zero-order chi connectivity index (χ0) is 20.4. The van der Waals surface area contributed by atoms with Gasteiger partial charge in [-0.05, 0) is 30.7 Å². The molecular weight excluding hydrogens is 390 g/mol. The summed E-state index contributed by atoms with van der Waals surface area (Å²) >= 11 is 0. The molecule has 4 heterocycles. The van der Waals surface area contributed by atoms with E-state index in [1.807, 2.05) is 25.3 Å². The van der Waals surface area contributed by atoms with Crippen LogP contribution in [0.5, 0.6) is 0 Å². The fourth-order valence-electron chi connectivity index (χ4n) is 3.49. The number of aryl methyl sites for hydroxylation is 1. The number of nitrogens with zero attached hydrogens (tertiary/aromatic N) is 5. The number of anilines is 1. The van der Waals surface area contributed by atoms with Crippen molar-refractivity contribution in [3.8, 4) is 0 Å². The zero-order valence-electron chi connectivity index (χ0n) is 16.2. The first-order valence-electron chi connectivity index (χ1n) is 9.54. The van der Waals surface area contributed by atoms with E-state index in [9.17, 15) is 13.2 Å². The van der Waals surface area contributed by atoms with Crippen LogP contribution >= 0.6 is 0 Å². The van der Waals surface area contributed by atoms with Crippen LogP contribution < -0.4 is 4.90 Å². The van der Waals surface area contributed by atoms with Crippen molar-refractivity contribution in [2.75, 3.05) is 36.8 Å². The van der Waals surface area contributed by atoms with Crippen LogP contribution in [0.15, 0.2) is 53.9 Å². The number of fused-ring (bicyclic) bond motifs is 1. The van der Waals surface area contributed by atoms with Crippen LogP contribution in [0.25, 0.3) is 5.65 Å². The molecule has 0 N–H and O–H groups in total. The molecule has 3 aromatic rings. The minimum atomic E-state index is -3.59. The first kappa shape index (κ1) is 19.4. The average molecular weight is 414 g/mol. The van der Waals surface area contributed by atoms with Crippen molar-refractivity contribution in [1.82, 2.24) is 19.3 Å². The van der Waals surface area contributed by atoms with Crippen molar-refractivity contribution in [3.63, 3.8) is 0 Å². The van der Waals surface area contributed by atoms with Gasteiger partial charge >= 0.3 is 0 Å². The molecule has 3 aromatic heterocycles. The number of piperazine rings is 1. The monoisotopic (exact) mass is 413 g/mol. The van der Waals surface area contributed by atoms with Gasteiger partial charge in [-0.3, -0.25) is 9.20 Å². The minimum absolute atomic E-state index is 0.0315. The predicted octanol–water partition coefficient (Wildman–Crippen LogP) is 1.55. The maximum Gasteiger partial charge on any atom is 0.223 e. The van der Waals surface area contributed by atoms with E-state index in [1.54, 1.807) is 35.5 Å². The van der Waals surface area contributed by atoms with Crippen molar-refractivity contribution in [2.45, 2.75) is 18.4 Å². The quantitative estimate of drug-likeness (QED) is 0.631. The van der Waals surface area contributed by atoms with E-state index in [1.165, 1.54) is 4.40 Å². The summed E-state index contributed by atoms with van der Waals surface area (Å²) < 4.78 is 27.1. The summed E-state index contributed by atoms with van der Waals surface area (Å²) in [7, 11) is -3.59. The highest BCUT2D eigenvalue weighted by atomic mass is 32.2. The predicted molar refractivity (Wildman–Crippen MR) is 110 cm³/mol. The van der Waals surface area contributed by atoms with Gasteiger partial charge in [-0.15, -0.1) is 0 Å². The zero-order valence-corrected chi connectivity index (χ0v) is 17.0. The number of carbonyl (C=O) groups excluding carboxylic acids is 1. The molecule has 1 fully saturated rings. The Morgan fingerprint density at radius 2 is 1.86 bits per heavy atom. The third-order valence-corrected chi connectivity index (χ3v) is 6.86. The summed E-state index contributed by atoms with van der Waals surface area (Å²) in [5.74, 6) is 0.546. The lowest BCUT2D eigenvalue weighted by atomic mass is 10.2. The maximum atomic E-state index is 12.8. The smallest absolute Gasteiger partial charge is 0.223 e. The number of pyridine rings is 2. The second kappa shape index (κ2) is 7.82. The molecule has 1 amide bonds. The number of hydrogen-bond acceptors (Lipinski definition) is 6. The molecule has 4 rings (SSSR count). The van der Waals surface area contributed by atoms with Crippen molar-refractivity contribution < 1.29 is 13.2 Å². The Hall–Kier alpha value is -2.94. The van der Waals surface area contributed by atoms with Crippen LogP contribution in [0.2, 0.25) is 0 Å². The molecule has 0 atom stereocenters. The van der Waals surface area contributed by atoms with Gasteiger partial charge in [-0.2, -0.15) is 0 Å². The number of hydrogen-bond donors (Lipinski definition) is 0. The van der Waals surface area contributed by atoms with Crippen molar-refractivity contribution >= 4 is 27.2 Å². The van der Waals surface area contributed by atoms with Gasteiger partial charge < -0.3 is 9.80 Å². The van der Waals surface area contributed by atoms with Crippen LogP contribution in [0.1, 0.15) is 12.0 Å². The van der Waals surface area contributed by atoms with Gasteiger partial charge in [-0.1, -0.05) is 12.1 Å². The molecule has 0 saturated carbocycles. The molecule has 0 unspecified atom stereocenters. The highest BCUT2D eigenvalue weighted by molar-refractivity contribution is 7.91. The van der Waals surface area contributed by atoms with E-state index in [0.29, 0.717) is 31.8 Å². The fourth-order valence-corrected chi connectivity index (χ4v) is 4.88. The Labute approximate surface area is 169 Å². The van der Waals surface area contributed by atoms with Gasteiger partial charge in [0.25, 0.3) is 0 Å². The van der Waals surface area contributed by atoms with Crippen molar-refractivity contribution in [1.29, 1.82) is 0 Å². The molecule has 0 radical (unpaired) electrons. The number of aromatic nitrogens is 3. The largest absolute Gasteiger partial charge is 0.353 e. The molecule has 0 spiro atoms. The van der Waals surface area contributed by atoms with Crippen LogP contribution in [0.3, 0.4) is 0 Å². The van der Waals surface area contributed by atoms with E-state index in [2.05, 4.69) is 14.9 Å². The van der Waals surface area contributed by atoms with Crippen LogP contribution in [0.4, 0.5) is 5.82 Å². The standard InChI is InChI=1S/C20H23N5O3S/c1-16-5-6-17(22-15-16)23-10-12-24(13-11-23)19(26)7-14-29(27,28)20-4-2-3-18-21-8-9-25(18)20/h2-6,8-9,15H,7,10-14H2,1H3. The first-order chi connectivity index (χ1) is 13.9. The lowest BCUT2D eigenvalue weighted by Crippen LogP contribution is -2.49. The summed E-state index contributed by atoms with van der Waals surface area (Å²) in [4.78, 5) is 25.0. The molecular formula is C20H23N5O3S. The topological polar surface area (TPSA) is 87.9 Å². The third-order valence-electron chi connectivity index (χ3n) is 5.15. The van der Waals surface area contributed by atoms with Crippen molar-refractivity contribution in [2.24, 2.45) is 0 Å². The summed E-state index contributed by atoms with van der Waals surface area (Å²) in [6.45, 7) is 4.48. The number of carbonyl (C=O) groups is 1. The Morgan fingerprint density at radius 3 is 2.59 bits per heavy atom. The number of imidazole rings is 1. The lowest BCUT2D eigenvalue weighted by Gasteiger charge is -2.35. The summed E-state index contributed by atoms with van der Waals surface area (Å²) in [5.41, 5.74) is 1.67. The maximum absolute atomic E-state index is 12.8. The third kappa shape index (κ3) is 4.09. The average Bonchev–Trinajstić information content (AvgIpc) is 3.21. The number of sulfone groups is 1. The molecule has 29 heavy (non-hydrogen) atoms. The van der Waals surface area contributed by atoms with E-state index < -0.39 is 9.84 Å². The number of rotatable bonds is 5. The van der Waals surface area contributed by atoms with Gasteiger partial charge in [0.05, 0.1) is 5.75 Å². The SMILES string of the molecule is Cc1ccc(N2CCN(C(=O)CCS(=O)(=O)c3cccc4nccn34)CC2)nc1. The Kier molecular flexibility index (Phi) is 5.23. The van der Waals surface area contributed by atoms with Gasteiger partial charge in [0.1, 0.15) is 16.5 Å². The summed E-state index contributed by atoms with van der Waals surface area (Å²) in [5, 5.41) is 0.163. The van der Waals surface area contributed by atoms with Gasteiger partial charge in [0.15, 0.2) is 9.84 Å². The summed E-state index contributed by atoms with van der Waals surface area (Å²) in [6, 6.07) is 8.95. The van der Waals surface area contributed by atoms with E-state index in [4.69, 9.17) is 0 Å². The van der Waals surface area contributed by atoms with E-state index in [-0.39, 0.29) is 23.1 Å². The second-order valence-electron chi connectivity index (χ2n) is 7.15. The number of amides is 1. The molecule has 0 bridgehead atoms. The lowest BCUT2D eigenvalue weighted by molar-refractivity contribution is -0.131. The first-order valence-corrected chi connectivity index (χ1v) is 11.2. The Balaban J connectivity index is 1.35. The van der Waals surface area contributed by atoms with Gasteiger partial charge in [0, 0.05) is 51.2 Å². The summed E-state index contributed by atoms with van der Waals surface area (Å²) in [6.07, 6.45) is 4.97. The molecule has 0 aromatic carbocycles. The molecule has 9 heteroatoms. The van der Waals surface area contributed by atoms with Crippen LogP contribution in [0, 0.1) is 6.92 Å². The Bertz CT molecular complexity index is 1120. The van der Waals surface area contributed by atoms with Crippen LogP contribution in [-0.4, -0.2) is 65.5 Å². The molecule has 1 aliphatic heterocycles. The normalized spacial score (nSPS) is 15.1. The van der Waals surface area contributed by atoms with Gasteiger partial charge in [0.2, 0.25) is 5.91 Å². The highest BCUT2D eigenvalue weighted by Gasteiger charge is 2.25. The van der Waals surface area contributed by atoms with Crippen molar-refractivity contribution in [3.05, 3.63) is 54.5 Å². The Morgan fingerprint density at radius 1 is 1.07 bits per heavy atom. The van der Waals surface area contributed by atoms with Crippen LogP contribution in [-0.2, 0) is 14.6 Å². The molecule has 1 aliphatic rings. The second-order valence-corrected chi connectivity index (χ2v) is 9.21. The van der Waals surface area contributed by atoms with Gasteiger partial charge in [-0.25, -0.2) is 18.4 Å². The molecule has 152 valence electrons. The fraction of sp³-hybridized carbons (Fsp3) is 0.350. The molecule has 0 aliphatic carbocycles. The van der Waals surface area contributed by atoms with E-state index in [0.717, 1.165) is 11.4 Å². The molecule has 8 nitrogen and oxygen atoms in total. The molecule has 1 saturated heterocycles.